The van der Waals surface area contributed by atoms with E-state index in [0.29, 0.717) is 16.5 Å². The van der Waals surface area contributed by atoms with E-state index in [1.807, 2.05) is 0 Å². The Labute approximate surface area is 90.4 Å². The Morgan fingerprint density at radius 1 is 1.53 bits per heavy atom. The number of carbonyl (C=O) groups excluding carboxylic acids is 1. The number of anilines is 1. The van der Waals surface area contributed by atoms with Crippen molar-refractivity contribution in [1.82, 2.24) is 14.3 Å². The fourth-order valence-electron chi connectivity index (χ4n) is 1.01. The molecular weight excluding hydrogens is 212 g/mol. The predicted octanol–water partition coefficient (Wildman–Crippen LogP) is 1.49. The molecule has 0 aliphatic carbocycles. The second-order valence-electron chi connectivity index (χ2n) is 2.84. The highest BCUT2D eigenvalue weighted by Gasteiger charge is 2.08. The Kier molecular flexibility index (Phi) is 2.68. The van der Waals surface area contributed by atoms with Crippen molar-refractivity contribution in [3.63, 3.8) is 0 Å². The summed E-state index contributed by atoms with van der Waals surface area (Å²) in [5, 5.41) is 3.15. The van der Waals surface area contributed by atoms with Crippen LogP contribution in [0.1, 0.15) is 16.2 Å². The van der Waals surface area contributed by atoms with Gasteiger partial charge in [-0.15, -0.1) is 0 Å². The first kappa shape index (κ1) is 9.72. The monoisotopic (exact) mass is 220 g/mol. The van der Waals surface area contributed by atoms with Crippen molar-refractivity contribution in [2.75, 3.05) is 5.32 Å². The van der Waals surface area contributed by atoms with Gasteiger partial charge in [0.15, 0.2) is 0 Å². The molecule has 76 valence electrons. The third-order valence-corrected chi connectivity index (χ3v) is 2.39. The van der Waals surface area contributed by atoms with E-state index in [0.717, 1.165) is 11.5 Å². The lowest BCUT2D eigenvalue weighted by molar-refractivity contribution is 0.102. The number of amides is 1. The smallest absolute Gasteiger partial charge is 0.259 e. The summed E-state index contributed by atoms with van der Waals surface area (Å²) >= 11 is 1.16. The van der Waals surface area contributed by atoms with Crippen molar-refractivity contribution in [2.45, 2.75) is 6.92 Å². The van der Waals surface area contributed by atoms with Crippen molar-refractivity contribution in [2.24, 2.45) is 0 Å². The average molecular weight is 220 g/mol. The van der Waals surface area contributed by atoms with E-state index in [1.54, 1.807) is 25.3 Å². The number of nitrogens with zero attached hydrogens (tertiary/aromatic N) is 3. The molecule has 0 aromatic carbocycles. The number of aryl methyl sites for hydroxylation is 1. The van der Waals surface area contributed by atoms with Crippen LogP contribution >= 0.6 is 11.5 Å². The van der Waals surface area contributed by atoms with Crippen molar-refractivity contribution in [3.05, 3.63) is 35.9 Å². The zero-order valence-corrected chi connectivity index (χ0v) is 8.78. The van der Waals surface area contributed by atoms with Crippen LogP contribution in [0, 0.1) is 6.92 Å². The summed E-state index contributed by atoms with van der Waals surface area (Å²) < 4.78 is 3.96. The van der Waals surface area contributed by atoms with Gasteiger partial charge >= 0.3 is 0 Å². The van der Waals surface area contributed by atoms with Crippen LogP contribution in [0.15, 0.2) is 24.5 Å². The van der Waals surface area contributed by atoms with E-state index in [4.69, 9.17) is 0 Å². The van der Waals surface area contributed by atoms with Crippen molar-refractivity contribution in [1.29, 1.82) is 0 Å². The highest BCUT2D eigenvalue weighted by molar-refractivity contribution is 7.09. The minimum Gasteiger partial charge on any atom is -0.297 e. The summed E-state index contributed by atoms with van der Waals surface area (Å²) in [4.78, 5) is 19.5. The Balaban J connectivity index is 2.11. The number of pyridine rings is 1. The van der Waals surface area contributed by atoms with Gasteiger partial charge in [-0.3, -0.25) is 15.1 Å². The first-order valence-corrected chi connectivity index (χ1v) is 5.05. The van der Waals surface area contributed by atoms with E-state index in [2.05, 4.69) is 19.7 Å². The van der Waals surface area contributed by atoms with Crippen LogP contribution in [0.3, 0.4) is 0 Å². The van der Waals surface area contributed by atoms with Gasteiger partial charge in [-0.05, 0) is 19.1 Å². The zero-order valence-electron chi connectivity index (χ0n) is 7.97. The Morgan fingerprint density at radius 3 is 3.00 bits per heavy atom. The van der Waals surface area contributed by atoms with Crippen LogP contribution in [0.5, 0.6) is 0 Å². The highest BCUT2D eigenvalue weighted by atomic mass is 32.1. The molecule has 1 amide bonds. The van der Waals surface area contributed by atoms with Gasteiger partial charge in [0.2, 0.25) is 5.13 Å². The molecule has 0 unspecified atom stereocenters. The standard InChI is InChI=1S/C9H8N4OS/c1-6-11-9(15-13-6)12-8(14)7-3-2-4-10-5-7/h2-5H,1H3,(H,11,12,13,14). The van der Waals surface area contributed by atoms with Crippen LogP contribution in [0.4, 0.5) is 5.13 Å². The van der Waals surface area contributed by atoms with Gasteiger partial charge in [-0.1, -0.05) is 0 Å². The molecular formula is C9H8N4OS. The molecule has 2 heterocycles. The molecule has 2 rings (SSSR count). The quantitative estimate of drug-likeness (QED) is 0.832. The fourth-order valence-corrected chi connectivity index (χ4v) is 1.58. The minimum atomic E-state index is -0.223. The number of nitrogens with one attached hydrogen (secondary N) is 1. The summed E-state index contributed by atoms with van der Waals surface area (Å²) in [6.07, 6.45) is 3.12. The number of hydrogen-bond acceptors (Lipinski definition) is 5. The third-order valence-electron chi connectivity index (χ3n) is 1.67. The lowest BCUT2D eigenvalue weighted by Crippen LogP contribution is -2.11. The molecule has 15 heavy (non-hydrogen) atoms. The first-order chi connectivity index (χ1) is 7.25. The molecule has 0 saturated carbocycles. The number of aromatic nitrogens is 3. The summed E-state index contributed by atoms with van der Waals surface area (Å²) in [7, 11) is 0. The Hall–Kier alpha value is -1.82. The van der Waals surface area contributed by atoms with Crippen LogP contribution in [0.2, 0.25) is 0 Å². The van der Waals surface area contributed by atoms with E-state index in [1.165, 1.54) is 6.20 Å². The van der Waals surface area contributed by atoms with Crippen LogP contribution in [-0.2, 0) is 0 Å². The van der Waals surface area contributed by atoms with Gasteiger partial charge in [-0.2, -0.15) is 4.37 Å². The Morgan fingerprint density at radius 2 is 2.40 bits per heavy atom. The lowest BCUT2D eigenvalue weighted by atomic mass is 10.3. The lowest BCUT2D eigenvalue weighted by Gasteiger charge is -1.99. The summed E-state index contributed by atoms with van der Waals surface area (Å²) in [6, 6.07) is 3.40. The van der Waals surface area contributed by atoms with Gasteiger partial charge in [0.05, 0.1) is 5.56 Å². The van der Waals surface area contributed by atoms with E-state index in [9.17, 15) is 4.79 Å². The van der Waals surface area contributed by atoms with E-state index >= 15 is 0 Å². The zero-order chi connectivity index (χ0) is 10.7. The molecule has 0 radical (unpaired) electrons. The highest BCUT2D eigenvalue weighted by Crippen LogP contribution is 2.11. The molecule has 0 spiro atoms. The van der Waals surface area contributed by atoms with Gasteiger partial charge in [0, 0.05) is 23.9 Å². The maximum atomic E-state index is 11.6. The van der Waals surface area contributed by atoms with Crippen LogP contribution < -0.4 is 5.32 Å². The summed E-state index contributed by atoms with van der Waals surface area (Å²) in [5.74, 6) is 0.431. The number of rotatable bonds is 2. The molecule has 1 N–H and O–H groups in total. The Bertz CT molecular complexity index is 468. The molecule has 0 bridgehead atoms. The normalized spacial score (nSPS) is 9.93. The molecule has 6 heteroatoms. The number of carbonyl (C=O) groups is 1. The average Bonchev–Trinajstić information content (AvgIpc) is 2.65. The molecule has 2 aromatic heterocycles. The largest absolute Gasteiger partial charge is 0.297 e. The van der Waals surface area contributed by atoms with E-state index in [-0.39, 0.29) is 5.91 Å². The molecule has 5 nitrogen and oxygen atoms in total. The molecule has 0 saturated heterocycles. The summed E-state index contributed by atoms with van der Waals surface area (Å²) in [5.41, 5.74) is 0.505. The number of hydrogen-bond donors (Lipinski definition) is 1. The fraction of sp³-hybridized carbons (Fsp3) is 0.111. The van der Waals surface area contributed by atoms with E-state index < -0.39 is 0 Å². The SMILES string of the molecule is Cc1nsc(NC(=O)c2cccnc2)n1. The maximum absolute atomic E-state index is 11.6. The second-order valence-corrected chi connectivity index (χ2v) is 3.59. The molecule has 0 aliphatic heterocycles. The second kappa shape index (κ2) is 4.14. The van der Waals surface area contributed by atoms with Gasteiger partial charge in [-0.25, -0.2) is 4.98 Å². The van der Waals surface area contributed by atoms with Gasteiger partial charge in [0.25, 0.3) is 5.91 Å². The molecule has 0 fully saturated rings. The van der Waals surface area contributed by atoms with Crippen LogP contribution in [0.25, 0.3) is 0 Å². The predicted molar refractivity (Wildman–Crippen MR) is 56.8 cm³/mol. The van der Waals surface area contributed by atoms with Gasteiger partial charge in [0.1, 0.15) is 5.82 Å². The van der Waals surface area contributed by atoms with Crippen LogP contribution in [-0.4, -0.2) is 20.2 Å². The molecule has 2 aromatic rings. The summed E-state index contributed by atoms with van der Waals surface area (Å²) in [6.45, 7) is 1.77. The van der Waals surface area contributed by atoms with Crippen molar-refractivity contribution < 1.29 is 4.79 Å². The van der Waals surface area contributed by atoms with Gasteiger partial charge < -0.3 is 0 Å². The molecule has 0 atom stereocenters. The van der Waals surface area contributed by atoms with Crippen molar-refractivity contribution >= 4 is 22.6 Å². The molecule has 0 aliphatic rings. The third kappa shape index (κ3) is 2.35. The maximum Gasteiger partial charge on any atom is 0.259 e. The first-order valence-electron chi connectivity index (χ1n) is 4.27. The topological polar surface area (TPSA) is 67.8 Å². The minimum absolute atomic E-state index is 0.223. The van der Waals surface area contributed by atoms with Crippen molar-refractivity contribution in [3.8, 4) is 0 Å².